The van der Waals surface area contributed by atoms with E-state index >= 15 is 0 Å². The zero-order valence-corrected chi connectivity index (χ0v) is 13.6. The van der Waals surface area contributed by atoms with Gasteiger partial charge in [0, 0.05) is 19.9 Å². The zero-order chi connectivity index (χ0) is 17.5. The Kier molecular flexibility index (Phi) is 3.34. The van der Waals surface area contributed by atoms with Gasteiger partial charge >= 0.3 is 0 Å². The van der Waals surface area contributed by atoms with Crippen LogP contribution in [0.4, 0.5) is 0 Å². The zero-order valence-electron chi connectivity index (χ0n) is 15.6. The van der Waals surface area contributed by atoms with Crippen molar-refractivity contribution in [2.75, 3.05) is 0 Å². The van der Waals surface area contributed by atoms with Crippen LogP contribution in [-0.2, 0) is 6.37 Å². The highest BCUT2D eigenvalue weighted by Crippen LogP contribution is 2.29. The van der Waals surface area contributed by atoms with Gasteiger partial charge in [0.2, 0.25) is 0 Å². The standard InChI is InChI=1S/C21H23N/c1-14(2)9-17-5-6-20-18(13-17)7-8-22-21(20)19-11-15(3)10-16(4)12-19/h5-8,10-14H,9H2,1-4H3/i9D2. The van der Waals surface area contributed by atoms with E-state index in [9.17, 15) is 0 Å². The van der Waals surface area contributed by atoms with Crippen LogP contribution >= 0.6 is 0 Å². The van der Waals surface area contributed by atoms with E-state index in [4.69, 9.17) is 2.74 Å². The Balaban J connectivity index is 2.19. The Hall–Kier alpha value is -2.15. The molecule has 0 saturated heterocycles. The summed E-state index contributed by atoms with van der Waals surface area (Å²) < 4.78 is 16.6. The quantitative estimate of drug-likeness (QED) is 0.601. The summed E-state index contributed by atoms with van der Waals surface area (Å²) in [6, 6.07) is 14.3. The first-order chi connectivity index (χ1) is 11.3. The average molecular weight is 291 g/mol. The summed E-state index contributed by atoms with van der Waals surface area (Å²) in [5, 5.41) is 2.09. The van der Waals surface area contributed by atoms with E-state index in [1.807, 2.05) is 44.3 Å². The second-order valence-electron chi connectivity index (χ2n) is 6.27. The summed E-state index contributed by atoms with van der Waals surface area (Å²) in [6.07, 6.45) is 0.474. The van der Waals surface area contributed by atoms with E-state index < -0.39 is 6.37 Å². The highest BCUT2D eigenvalue weighted by molar-refractivity contribution is 5.95. The monoisotopic (exact) mass is 291 g/mol. The number of aromatic nitrogens is 1. The van der Waals surface area contributed by atoms with Crippen LogP contribution in [0.3, 0.4) is 0 Å². The van der Waals surface area contributed by atoms with Gasteiger partial charge in [0.25, 0.3) is 0 Å². The molecule has 0 N–H and O–H groups in total. The third-order valence-electron chi connectivity index (χ3n) is 3.71. The molecular formula is C21H23N. The van der Waals surface area contributed by atoms with Crippen LogP contribution in [0.1, 0.15) is 33.3 Å². The van der Waals surface area contributed by atoms with Crippen LogP contribution in [0.5, 0.6) is 0 Å². The molecule has 0 spiro atoms. The fraction of sp³-hybridized carbons (Fsp3) is 0.286. The van der Waals surface area contributed by atoms with Crippen molar-refractivity contribution in [2.24, 2.45) is 5.92 Å². The molecule has 0 aliphatic heterocycles. The van der Waals surface area contributed by atoms with Gasteiger partial charge in [0.15, 0.2) is 0 Å². The minimum Gasteiger partial charge on any atom is -0.256 e. The normalized spacial score (nSPS) is 13.3. The lowest BCUT2D eigenvalue weighted by Crippen LogP contribution is -1.94. The van der Waals surface area contributed by atoms with Gasteiger partial charge in [0.1, 0.15) is 0 Å². The lowest BCUT2D eigenvalue weighted by atomic mass is 9.97. The maximum absolute atomic E-state index is 8.32. The van der Waals surface area contributed by atoms with Gasteiger partial charge < -0.3 is 0 Å². The number of pyridine rings is 1. The highest BCUT2D eigenvalue weighted by Gasteiger charge is 2.08. The fourth-order valence-electron chi connectivity index (χ4n) is 2.94. The second-order valence-corrected chi connectivity index (χ2v) is 6.27. The highest BCUT2D eigenvalue weighted by atomic mass is 14.7. The van der Waals surface area contributed by atoms with Crippen LogP contribution in [0.2, 0.25) is 0 Å². The molecule has 0 amide bonds. The average Bonchev–Trinajstić information content (AvgIpc) is 2.52. The molecular weight excluding hydrogens is 266 g/mol. The molecule has 22 heavy (non-hydrogen) atoms. The molecule has 0 radical (unpaired) electrons. The molecule has 0 bridgehead atoms. The summed E-state index contributed by atoms with van der Waals surface area (Å²) in [5.41, 5.74) is 5.23. The summed E-state index contributed by atoms with van der Waals surface area (Å²) in [5.74, 6) is -0.0734. The van der Waals surface area contributed by atoms with Crippen LogP contribution in [0, 0.1) is 19.8 Å². The molecule has 0 atom stereocenters. The minimum atomic E-state index is -1.34. The van der Waals surface area contributed by atoms with E-state index in [2.05, 4.69) is 37.0 Å². The van der Waals surface area contributed by atoms with Crippen molar-refractivity contribution in [3.63, 3.8) is 0 Å². The van der Waals surface area contributed by atoms with E-state index in [1.165, 1.54) is 11.1 Å². The predicted molar refractivity (Wildman–Crippen MR) is 95.2 cm³/mol. The summed E-state index contributed by atoms with van der Waals surface area (Å²) in [4.78, 5) is 4.59. The largest absolute Gasteiger partial charge is 0.256 e. The number of rotatable bonds is 3. The molecule has 1 aromatic heterocycles. The summed E-state index contributed by atoms with van der Waals surface area (Å²) >= 11 is 0. The Morgan fingerprint density at radius 3 is 2.41 bits per heavy atom. The molecule has 0 aliphatic carbocycles. The summed E-state index contributed by atoms with van der Waals surface area (Å²) in [6.45, 7) is 8.02. The van der Waals surface area contributed by atoms with Crippen LogP contribution in [-0.4, -0.2) is 4.98 Å². The van der Waals surface area contributed by atoms with Gasteiger partial charge in [-0.25, -0.2) is 0 Å². The number of hydrogen-bond acceptors (Lipinski definition) is 1. The van der Waals surface area contributed by atoms with E-state index in [0.29, 0.717) is 0 Å². The van der Waals surface area contributed by atoms with Crippen molar-refractivity contribution in [1.82, 2.24) is 4.98 Å². The Labute approximate surface area is 135 Å². The third-order valence-corrected chi connectivity index (χ3v) is 3.71. The molecule has 0 saturated carbocycles. The maximum Gasteiger partial charge on any atom is 0.0780 e. The first-order valence-electron chi connectivity index (χ1n) is 8.77. The molecule has 1 nitrogen and oxygen atoms in total. The van der Waals surface area contributed by atoms with Gasteiger partial charge in [-0.1, -0.05) is 49.2 Å². The fourth-order valence-corrected chi connectivity index (χ4v) is 2.94. The first-order valence-corrected chi connectivity index (χ1v) is 7.77. The maximum atomic E-state index is 8.32. The van der Waals surface area contributed by atoms with Crippen molar-refractivity contribution in [3.8, 4) is 11.3 Å². The van der Waals surface area contributed by atoms with E-state index in [1.54, 1.807) is 0 Å². The Morgan fingerprint density at radius 2 is 1.73 bits per heavy atom. The molecule has 3 rings (SSSR count). The lowest BCUT2D eigenvalue weighted by Gasteiger charge is -2.10. The van der Waals surface area contributed by atoms with Crippen LogP contribution in [0.15, 0.2) is 48.7 Å². The van der Waals surface area contributed by atoms with Crippen molar-refractivity contribution in [2.45, 2.75) is 34.1 Å². The second kappa shape index (κ2) is 5.92. The molecule has 0 fully saturated rings. The Morgan fingerprint density at radius 1 is 1.00 bits per heavy atom. The van der Waals surface area contributed by atoms with Crippen LogP contribution < -0.4 is 0 Å². The number of aryl methyl sites for hydroxylation is 2. The Bertz CT molecular complexity index is 877. The molecule has 3 aromatic rings. The minimum absolute atomic E-state index is 0.0734. The molecule has 2 aromatic carbocycles. The SMILES string of the molecule is [2H]C([2H])(c1ccc2c(-c3cc(C)cc(C)c3)nccc2c1)C(C)C. The van der Waals surface area contributed by atoms with E-state index in [-0.39, 0.29) is 5.92 Å². The molecule has 1 heterocycles. The van der Waals surface area contributed by atoms with Crippen molar-refractivity contribution in [1.29, 1.82) is 0 Å². The molecule has 112 valence electrons. The van der Waals surface area contributed by atoms with Gasteiger partial charge in [-0.05, 0) is 55.3 Å². The first kappa shape index (κ1) is 12.4. The number of nitrogens with zero attached hydrogens (tertiary/aromatic N) is 1. The third kappa shape index (κ3) is 3.04. The number of benzene rings is 2. The number of hydrogen-bond donors (Lipinski definition) is 0. The summed E-state index contributed by atoms with van der Waals surface area (Å²) in [7, 11) is 0. The molecule has 1 heteroatoms. The van der Waals surface area contributed by atoms with Gasteiger partial charge in [-0.3, -0.25) is 4.98 Å². The topological polar surface area (TPSA) is 12.9 Å². The van der Waals surface area contributed by atoms with Crippen molar-refractivity contribution < 1.29 is 2.74 Å². The smallest absolute Gasteiger partial charge is 0.0780 e. The van der Waals surface area contributed by atoms with Gasteiger partial charge in [-0.2, -0.15) is 0 Å². The van der Waals surface area contributed by atoms with E-state index in [0.717, 1.165) is 27.6 Å². The van der Waals surface area contributed by atoms with Crippen LogP contribution in [0.25, 0.3) is 22.0 Å². The van der Waals surface area contributed by atoms with Gasteiger partial charge in [0.05, 0.1) is 5.69 Å². The lowest BCUT2D eigenvalue weighted by molar-refractivity contribution is 0.648. The van der Waals surface area contributed by atoms with Crippen molar-refractivity contribution >= 4 is 10.8 Å². The molecule has 0 aliphatic rings. The number of fused-ring (bicyclic) bond motifs is 1. The van der Waals surface area contributed by atoms with Gasteiger partial charge in [-0.15, -0.1) is 0 Å². The van der Waals surface area contributed by atoms with Crippen molar-refractivity contribution in [3.05, 3.63) is 65.4 Å². The molecule has 0 unspecified atom stereocenters. The predicted octanol–water partition coefficient (Wildman–Crippen LogP) is 5.72.